The van der Waals surface area contributed by atoms with Gasteiger partial charge in [0.05, 0.1) is 0 Å². The van der Waals surface area contributed by atoms with E-state index in [-0.39, 0.29) is 6.17 Å². The molecular formula is C23H44N2O. The van der Waals surface area contributed by atoms with Crippen LogP contribution >= 0.6 is 0 Å². The maximum Gasteiger partial charge on any atom is 0.125 e. The second kappa shape index (κ2) is 16.2. The van der Waals surface area contributed by atoms with E-state index >= 15 is 0 Å². The van der Waals surface area contributed by atoms with E-state index in [1.54, 1.807) is 0 Å². The molecule has 0 aromatic carbocycles. The van der Waals surface area contributed by atoms with Gasteiger partial charge in [-0.3, -0.25) is 0 Å². The second-order valence-electron chi connectivity index (χ2n) is 7.80. The Bertz CT molecular complexity index is 365. The van der Waals surface area contributed by atoms with E-state index in [0.29, 0.717) is 0 Å². The van der Waals surface area contributed by atoms with E-state index in [4.69, 9.17) is 0 Å². The lowest BCUT2D eigenvalue weighted by molar-refractivity contribution is 0.0254. The Morgan fingerprint density at radius 3 is 2.00 bits per heavy atom. The number of aliphatic hydroxyl groups excluding tert-OH is 1. The normalized spacial score (nSPS) is 18.0. The van der Waals surface area contributed by atoms with Crippen molar-refractivity contribution in [1.29, 1.82) is 0 Å². The molecule has 0 aromatic rings. The van der Waals surface area contributed by atoms with E-state index in [0.717, 1.165) is 6.42 Å². The summed E-state index contributed by atoms with van der Waals surface area (Å²) in [5.74, 6) is 0. The van der Waals surface area contributed by atoms with Crippen molar-refractivity contribution in [2.75, 3.05) is 0 Å². The van der Waals surface area contributed by atoms with E-state index < -0.39 is 6.23 Å². The molecule has 0 amide bonds. The zero-order valence-electron chi connectivity index (χ0n) is 17.5. The summed E-state index contributed by atoms with van der Waals surface area (Å²) in [5.41, 5.74) is 0. The molecular weight excluding hydrogens is 320 g/mol. The molecule has 152 valence electrons. The van der Waals surface area contributed by atoms with Gasteiger partial charge in [0.1, 0.15) is 12.4 Å². The van der Waals surface area contributed by atoms with Crippen molar-refractivity contribution in [2.45, 2.75) is 123 Å². The van der Waals surface area contributed by atoms with Gasteiger partial charge in [0.15, 0.2) is 0 Å². The minimum atomic E-state index is -0.402. The van der Waals surface area contributed by atoms with Crippen molar-refractivity contribution < 1.29 is 5.11 Å². The molecule has 0 radical (unpaired) electrons. The number of allylic oxidation sites excluding steroid dienone is 2. The summed E-state index contributed by atoms with van der Waals surface area (Å²) >= 11 is 0. The monoisotopic (exact) mass is 364 g/mol. The van der Waals surface area contributed by atoms with Gasteiger partial charge in [0.2, 0.25) is 0 Å². The smallest absolute Gasteiger partial charge is 0.125 e. The molecule has 0 bridgehead atoms. The first kappa shape index (κ1) is 23.1. The average molecular weight is 365 g/mol. The minimum Gasteiger partial charge on any atom is -0.374 e. The van der Waals surface area contributed by atoms with Gasteiger partial charge in [-0.25, -0.2) is 0 Å². The molecule has 1 aliphatic heterocycles. The molecule has 1 heterocycles. The first-order valence-corrected chi connectivity index (χ1v) is 11.3. The third-order valence-corrected chi connectivity index (χ3v) is 5.32. The molecule has 3 heteroatoms. The highest BCUT2D eigenvalue weighted by molar-refractivity contribution is 4.94. The highest BCUT2D eigenvalue weighted by atomic mass is 16.3. The Hall–Kier alpha value is -0.960. The number of nitrogens with zero attached hydrogens (tertiary/aromatic N) is 1. The Labute approximate surface area is 162 Å². The van der Waals surface area contributed by atoms with Gasteiger partial charge in [0, 0.05) is 12.4 Å². The number of hydrogen-bond acceptors (Lipinski definition) is 3. The molecule has 26 heavy (non-hydrogen) atoms. The molecule has 0 fully saturated rings. The predicted molar refractivity (Wildman–Crippen MR) is 114 cm³/mol. The third-order valence-electron chi connectivity index (χ3n) is 5.32. The lowest BCUT2D eigenvalue weighted by Crippen LogP contribution is -2.40. The maximum absolute atomic E-state index is 9.69. The van der Waals surface area contributed by atoms with Crippen LogP contribution in [0, 0.1) is 0 Å². The molecule has 2 unspecified atom stereocenters. The van der Waals surface area contributed by atoms with Crippen molar-refractivity contribution in [1.82, 2.24) is 10.2 Å². The molecule has 0 spiro atoms. The van der Waals surface area contributed by atoms with Gasteiger partial charge in [0.25, 0.3) is 0 Å². The molecule has 1 rings (SSSR count). The summed E-state index contributed by atoms with van der Waals surface area (Å²) in [6.07, 6.45) is 28.6. The van der Waals surface area contributed by atoms with Crippen LogP contribution in [-0.2, 0) is 0 Å². The second-order valence-corrected chi connectivity index (χ2v) is 7.80. The fourth-order valence-electron chi connectivity index (χ4n) is 3.63. The molecule has 1 aliphatic rings. The van der Waals surface area contributed by atoms with Crippen molar-refractivity contribution in [3.63, 3.8) is 0 Å². The molecule has 0 saturated carbocycles. The van der Waals surface area contributed by atoms with Gasteiger partial charge in [-0.2, -0.15) is 0 Å². The third kappa shape index (κ3) is 11.6. The number of unbranched alkanes of at least 4 members (excludes halogenated alkanes) is 12. The minimum absolute atomic E-state index is 0.286. The van der Waals surface area contributed by atoms with Crippen LogP contribution in [-0.4, -0.2) is 22.4 Å². The van der Waals surface area contributed by atoms with E-state index in [1.165, 1.54) is 89.9 Å². The fourth-order valence-corrected chi connectivity index (χ4v) is 3.63. The first-order chi connectivity index (χ1) is 12.8. The van der Waals surface area contributed by atoms with Crippen LogP contribution in [0.5, 0.6) is 0 Å². The predicted octanol–water partition coefficient (Wildman–Crippen LogP) is 6.45. The van der Waals surface area contributed by atoms with Crippen LogP contribution < -0.4 is 5.32 Å². The Balaban J connectivity index is 1.80. The number of hydrogen-bond donors (Lipinski definition) is 2. The first-order valence-electron chi connectivity index (χ1n) is 11.3. The van der Waals surface area contributed by atoms with E-state index in [1.807, 2.05) is 24.2 Å². The molecule has 2 N–H and O–H groups in total. The van der Waals surface area contributed by atoms with Crippen LogP contribution in [0.25, 0.3) is 0 Å². The standard InChI is InChI=1S/C23H44N2O/c1-3-4-5-6-7-8-9-10-11-12-13-14-15-16-17-18-19-23-24-20-21-25(23)22(2)26/h9-10,20-24,26H,3-8,11-19H2,1-2H3/b10-9+. The maximum atomic E-state index is 9.69. The summed E-state index contributed by atoms with van der Waals surface area (Å²) in [6, 6.07) is 0. The van der Waals surface area contributed by atoms with Crippen molar-refractivity contribution in [3.05, 3.63) is 24.6 Å². The molecule has 0 aromatic heterocycles. The quantitative estimate of drug-likeness (QED) is 0.230. The summed E-state index contributed by atoms with van der Waals surface area (Å²) in [5, 5.41) is 13.0. The number of nitrogens with one attached hydrogen (secondary N) is 1. The molecule has 0 aliphatic carbocycles. The SMILES string of the molecule is CCCCCCC/C=C/CCCCCCCCCC1NC=CN1C(C)O. The van der Waals surface area contributed by atoms with Gasteiger partial charge in [-0.1, -0.05) is 76.9 Å². The van der Waals surface area contributed by atoms with Crippen LogP contribution in [0.2, 0.25) is 0 Å². The lowest BCUT2D eigenvalue weighted by atomic mass is 10.1. The topological polar surface area (TPSA) is 35.5 Å². The van der Waals surface area contributed by atoms with E-state index in [9.17, 15) is 5.11 Å². The van der Waals surface area contributed by atoms with E-state index in [2.05, 4.69) is 24.4 Å². The number of aliphatic hydroxyl groups is 1. The summed E-state index contributed by atoms with van der Waals surface area (Å²) in [7, 11) is 0. The van der Waals surface area contributed by atoms with Crippen molar-refractivity contribution in [3.8, 4) is 0 Å². The molecule has 2 atom stereocenters. The van der Waals surface area contributed by atoms with Crippen LogP contribution in [0.15, 0.2) is 24.6 Å². The Morgan fingerprint density at radius 1 is 0.885 bits per heavy atom. The summed E-state index contributed by atoms with van der Waals surface area (Å²) in [4.78, 5) is 2.00. The van der Waals surface area contributed by atoms with Gasteiger partial charge >= 0.3 is 0 Å². The zero-order valence-corrected chi connectivity index (χ0v) is 17.5. The largest absolute Gasteiger partial charge is 0.374 e. The average Bonchev–Trinajstić information content (AvgIpc) is 3.10. The lowest BCUT2D eigenvalue weighted by Gasteiger charge is -2.28. The van der Waals surface area contributed by atoms with Crippen molar-refractivity contribution >= 4 is 0 Å². The zero-order chi connectivity index (χ0) is 18.9. The van der Waals surface area contributed by atoms with Gasteiger partial charge in [-0.05, 0) is 45.4 Å². The van der Waals surface area contributed by atoms with Gasteiger partial charge < -0.3 is 15.3 Å². The Kier molecular flexibility index (Phi) is 14.4. The highest BCUT2D eigenvalue weighted by Crippen LogP contribution is 2.16. The van der Waals surface area contributed by atoms with Crippen molar-refractivity contribution in [2.24, 2.45) is 0 Å². The Morgan fingerprint density at radius 2 is 1.42 bits per heavy atom. The summed E-state index contributed by atoms with van der Waals surface area (Å²) in [6.45, 7) is 4.10. The van der Waals surface area contributed by atoms with Crippen LogP contribution in [0.1, 0.15) is 110 Å². The fraction of sp³-hybridized carbons (Fsp3) is 0.826. The van der Waals surface area contributed by atoms with Gasteiger partial charge in [-0.15, -0.1) is 0 Å². The molecule has 3 nitrogen and oxygen atoms in total. The summed E-state index contributed by atoms with van der Waals surface area (Å²) < 4.78 is 0. The highest BCUT2D eigenvalue weighted by Gasteiger charge is 2.20. The molecule has 0 saturated heterocycles. The van der Waals surface area contributed by atoms with Crippen LogP contribution in [0.3, 0.4) is 0 Å². The number of rotatable bonds is 17. The van der Waals surface area contributed by atoms with Crippen LogP contribution in [0.4, 0.5) is 0 Å².